The van der Waals surface area contributed by atoms with Crippen molar-refractivity contribution in [3.05, 3.63) is 59.7 Å². The minimum Gasteiger partial charge on any atom is -0.355 e. The Balaban J connectivity index is 1.43. The van der Waals surface area contributed by atoms with Gasteiger partial charge in [-0.15, -0.1) is 0 Å². The molecule has 6 nitrogen and oxygen atoms in total. The van der Waals surface area contributed by atoms with Gasteiger partial charge in [0, 0.05) is 25.1 Å². The lowest BCUT2D eigenvalue weighted by molar-refractivity contribution is -0.126. The van der Waals surface area contributed by atoms with E-state index in [1.54, 1.807) is 6.07 Å². The number of carbonyl (C=O) groups excluding carboxylic acids is 2. The van der Waals surface area contributed by atoms with Gasteiger partial charge in [-0.05, 0) is 29.8 Å². The lowest BCUT2D eigenvalue weighted by atomic mass is 9.89. The minimum atomic E-state index is -0.616. The van der Waals surface area contributed by atoms with Crippen LogP contribution in [0.4, 0.5) is 10.1 Å². The maximum Gasteiger partial charge on any atom is 0.228 e. The second-order valence-corrected chi connectivity index (χ2v) is 6.28. The number of nitrogens with one attached hydrogen (secondary N) is 3. The average Bonchev–Trinajstić information content (AvgIpc) is 3.03. The molecule has 3 aromatic rings. The normalized spacial score (nSPS) is 16.2. The first-order valence-corrected chi connectivity index (χ1v) is 8.41. The molecule has 1 aliphatic heterocycles. The molecule has 0 fully saturated rings. The van der Waals surface area contributed by atoms with Crippen molar-refractivity contribution in [1.82, 2.24) is 15.3 Å². The number of carbonyl (C=O) groups is 2. The Morgan fingerprint density at radius 3 is 2.96 bits per heavy atom. The molecule has 0 spiro atoms. The lowest BCUT2D eigenvalue weighted by Crippen LogP contribution is -2.36. The van der Waals surface area contributed by atoms with Crippen molar-refractivity contribution in [2.75, 3.05) is 11.9 Å². The lowest BCUT2D eigenvalue weighted by Gasteiger charge is -2.24. The fourth-order valence-electron chi connectivity index (χ4n) is 3.22. The predicted molar refractivity (Wildman–Crippen MR) is 95.2 cm³/mol. The number of amides is 2. The first-order chi connectivity index (χ1) is 12.6. The van der Waals surface area contributed by atoms with Gasteiger partial charge in [-0.25, -0.2) is 9.37 Å². The Hall–Kier alpha value is -3.22. The number of nitrogens with zero attached hydrogens (tertiary/aromatic N) is 1. The molecular formula is C19H17FN4O2. The van der Waals surface area contributed by atoms with E-state index in [2.05, 4.69) is 20.6 Å². The topological polar surface area (TPSA) is 86.9 Å². The molecule has 3 N–H and O–H groups in total. The van der Waals surface area contributed by atoms with E-state index in [1.807, 2.05) is 24.3 Å². The van der Waals surface area contributed by atoms with Gasteiger partial charge >= 0.3 is 0 Å². The molecule has 0 saturated heterocycles. The number of para-hydroxylation sites is 2. The van der Waals surface area contributed by atoms with Crippen LogP contribution in [0.25, 0.3) is 11.0 Å². The van der Waals surface area contributed by atoms with Crippen LogP contribution >= 0.6 is 0 Å². The molecule has 26 heavy (non-hydrogen) atoms. The van der Waals surface area contributed by atoms with Crippen molar-refractivity contribution < 1.29 is 14.0 Å². The third kappa shape index (κ3) is 3.15. The number of aromatic amines is 1. The molecule has 1 aromatic heterocycles. The molecule has 7 heteroatoms. The van der Waals surface area contributed by atoms with Gasteiger partial charge in [-0.3, -0.25) is 9.59 Å². The van der Waals surface area contributed by atoms with E-state index < -0.39 is 11.7 Å². The molecule has 0 bridgehead atoms. The SMILES string of the molecule is O=C1C[C@@H](C(=O)NCCc2nc3ccccc3[nH]2)c2ccc(F)cc2N1. The van der Waals surface area contributed by atoms with Gasteiger partial charge in [-0.1, -0.05) is 18.2 Å². The van der Waals surface area contributed by atoms with Crippen LogP contribution in [0.1, 0.15) is 23.7 Å². The number of fused-ring (bicyclic) bond motifs is 2. The fraction of sp³-hybridized carbons (Fsp3) is 0.211. The van der Waals surface area contributed by atoms with Crippen LogP contribution in [0.15, 0.2) is 42.5 Å². The summed E-state index contributed by atoms with van der Waals surface area (Å²) in [6.45, 7) is 0.396. The summed E-state index contributed by atoms with van der Waals surface area (Å²) in [6.07, 6.45) is 0.602. The number of hydrogen-bond donors (Lipinski definition) is 3. The second kappa shape index (κ2) is 6.59. The third-order valence-electron chi connectivity index (χ3n) is 4.47. The molecular weight excluding hydrogens is 335 g/mol. The monoisotopic (exact) mass is 352 g/mol. The van der Waals surface area contributed by atoms with E-state index in [0.717, 1.165) is 16.9 Å². The Bertz CT molecular complexity index is 965. The van der Waals surface area contributed by atoms with Crippen LogP contribution < -0.4 is 10.6 Å². The average molecular weight is 352 g/mol. The van der Waals surface area contributed by atoms with Crippen LogP contribution in [0.3, 0.4) is 0 Å². The molecule has 132 valence electrons. The number of rotatable bonds is 4. The Labute approximate surface area is 148 Å². The van der Waals surface area contributed by atoms with Gasteiger partial charge in [0.15, 0.2) is 0 Å². The van der Waals surface area contributed by atoms with Gasteiger partial charge in [-0.2, -0.15) is 0 Å². The van der Waals surface area contributed by atoms with Crippen molar-refractivity contribution in [2.24, 2.45) is 0 Å². The number of imidazole rings is 1. The highest BCUT2D eigenvalue weighted by atomic mass is 19.1. The molecule has 1 atom stereocenters. The predicted octanol–water partition coefficient (Wildman–Crippen LogP) is 2.49. The highest BCUT2D eigenvalue weighted by Gasteiger charge is 2.30. The van der Waals surface area contributed by atoms with Crippen LogP contribution in [-0.2, 0) is 16.0 Å². The van der Waals surface area contributed by atoms with Gasteiger partial charge in [0.2, 0.25) is 11.8 Å². The zero-order valence-corrected chi connectivity index (χ0v) is 13.9. The van der Waals surface area contributed by atoms with Crippen molar-refractivity contribution in [2.45, 2.75) is 18.8 Å². The quantitative estimate of drug-likeness (QED) is 0.674. The standard InChI is InChI=1S/C19H17FN4O2/c20-11-5-6-12-13(10-18(25)24-16(12)9-11)19(26)21-8-7-17-22-14-3-1-2-4-15(14)23-17/h1-6,9,13H,7-8,10H2,(H,21,26)(H,22,23)(H,24,25)/t13-/m1/s1. The zero-order chi connectivity index (χ0) is 18.1. The van der Waals surface area contributed by atoms with E-state index in [1.165, 1.54) is 12.1 Å². The number of hydrogen-bond acceptors (Lipinski definition) is 3. The molecule has 0 unspecified atom stereocenters. The van der Waals surface area contributed by atoms with Crippen LogP contribution in [0, 0.1) is 5.82 Å². The van der Waals surface area contributed by atoms with E-state index in [0.29, 0.717) is 24.2 Å². The summed E-state index contributed by atoms with van der Waals surface area (Å²) < 4.78 is 13.4. The maximum absolute atomic E-state index is 13.4. The number of halogens is 1. The Morgan fingerprint density at radius 2 is 2.12 bits per heavy atom. The minimum absolute atomic E-state index is 0.0507. The molecule has 4 rings (SSSR count). The zero-order valence-electron chi connectivity index (χ0n) is 13.9. The van der Waals surface area contributed by atoms with Crippen molar-refractivity contribution in [3.63, 3.8) is 0 Å². The highest BCUT2D eigenvalue weighted by Crippen LogP contribution is 2.32. The summed E-state index contributed by atoms with van der Waals surface area (Å²) in [7, 11) is 0. The molecule has 0 aliphatic carbocycles. The molecule has 1 aliphatic rings. The number of benzene rings is 2. The van der Waals surface area contributed by atoms with Gasteiger partial charge in [0.1, 0.15) is 11.6 Å². The summed E-state index contributed by atoms with van der Waals surface area (Å²) in [6, 6.07) is 11.8. The first kappa shape index (κ1) is 16.3. The summed E-state index contributed by atoms with van der Waals surface area (Å²) in [5.74, 6) is -0.815. The molecule has 0 saturated carbocycles. The van der Waals surface area contributed by atoms with Crippen LogP contribution in [-0.4, -0.2) is 28.3 Å². The smallest absolute Gasteiger partial charge is 0.228 e. The van der Waals surface area contributed by atoms with Crippen LogP contribution in [0.2, 0.25) is 0 Å². The van der Waals surface area contributed by atoms with Crippen molar-refractivity contribution in [1.29, 1.82) is 0 Å². The third-order valence-corrected chi connectivity index (χ3v) is 4.47. The maximum atomic E-state index is 13.4. The number of aromatic nitrogens is 2. The van der Waals surface area contributed by atoms with Crippen molar-refractivity contribution >= 4 is 28.5 Å². The molecule has 2 heterocycles. The molecule has 2 aromatic carbocycles. The van der Waals surface area contributed by atoms with Gasteiger partial charge in [0.25, 0.3) is 0 Å². The largest absolute Gasteiger partial charge is 0.355 e. The van der Waals surface area contributed by atoms with Crippen molar-refractivity contribution in [3.8, 4) is 0 Å². The summed E-state index contributed by atoms with van der Waals surface area (Å²) in [5.41, 5.74) is 2.83. The highest BCUT2D eigenvalue weighted by molar-refractivity contribution is 6.01. The fourth-order valence-corrected chi connectivity index (χ4v) is 3.22. The molecule has 2 amide bonds. The van der Waals surface area contributed by atoms with E-state index in [4.69, 9.17) is 0 Å². The second-order valence-electron chi connectivity index (χ2n) is 6.28. The van der Waals surface area contributed by atoms with Crippen LogP contribution in [0.5, 0.6) is 0 Å². The Kier molecular flexibility index (Phi) is 4.12. The number of H-pyrrole nitrogens is 1. The first-order valence-electron chi connectivity index (χ1n) is 8.41. The van der Waals surface area contributed by atoms with E-state index >= 15 is 0 Å². The summed E-state index contributed by atoms with van der Waals surface area (Å²) in [5, 5.41) is 5.46. The Morgan fingerprint density at radius 1 is 1.27 bits per heavy atom. The molecule has 0 radical (unpaired) electrons. The van der Waals surface area contributed by atoms with E-state index in [-0.39, 0.29) is 18.2 Å². The summed E-state index contributed by atoms with van der Waals surface area (Å²) >= 11 is 0. The van der Waals surface area contributed by atoms with E-state index in [9.17, 15) is 14.0 Å². The van der Waals surface area contributed by atoms with Gasteiger partial charge in [0.05, 0.1) is 17.0 Å². The summed E-state index contributed by atoms with van der Waals surface area (Å²) in [4.78, 5) is 32.0. The van der Waals surface area contributed by atoms with Gasteiger partial charge < -0.3 is 15.6 Å². The number of anilines is 1.